The molecule has 0 aromatic heterocycles. The van der Waals surface area contributed by atoms with E-state index in [2.05, 4.69) is 19.3 Å². The maximum atomic E-state index is 3.46. The summed E-state index contributed by atoms with van der Waals surface area (Å²) in [6, 6.07) is 0. The molecule has 0 amide bonds. The van der Waals surface area contributed by atoms with Crippen LogP contribution in [0.3, 0.4) is 0 Å². The maximum absolute atomic E-state index is 3.46. The Labute approximate surface area is 88.3 Å². The summed E-state index contributed by atoms with van der Waals surface area (Å²) in [6.07, 6.45) is 4.45. The van der Waals surface area contributed by atoms with Crippen molar-refractivity contribution in [1.82, 2.24) is 5.32 Å². The molecule has 0 radical (unpaired) electrons. The molecule has 2 heteroatoms. The van der Waals surface area contributed by atoms with Crippen LogP contribution in [-0.4, -0.2) is 44.3 Å². The number of nitrogens with zero attached hydrogens (tertiary/aromatic N) is 1. The molecule has 1 saturated carbocycles. The van der Waals surface area contributed by atoms with Crippen LogP contribution in [0.1, 0.15) is 26.2 Å². The number of quaternary nitrogens is 1. The van der Waals surface area contributed by atoms with Gasteiger partial charge in [0.15, 0.2) is 0 Å². The lowest BCUT2D eigenvalue weighted by molar-refractivity contribution is -0.914. The average Bonchev–Trinajstić information content (AvgIpc) is 2.51. The van der Waals surface area contributed by atoms with Gasteiger partial charge in [0.2, 0.25) is 0 Å². The van der Waals surface area contributed by atoms with Crippen molar-refractivity contribution >= 4 is 0 Å². The third-order valence-corrected chi connectivity index (χ3v) is 4.16. The Kier molecular flexibility index (Phi) is 3.13. The lowest BCUT2D eigenvalue weighted by Gasteiger charge is -2.39. The second-order valence-electron chi connectivity index (χ2n) is 5.78. The van der Waals surface area contributed by atoms with Gasteiger partial charge in [0.1, 0.15) is 0 Å². The van der Waals surface area contributed by atoms with E-state index in [4.69, 9.17) is 0 Å². The highest BCUT2D eigenvalue weighted by Gasteiger charge is 2.31. The molecule has 1 aliphatic carbocycles. The number of nitrogens with one attached hydrogen (secondary N) is 1. The van der Waals surface area contributed by atoms with Crippen LogP contribution in [0, 0.1) is 11.8 Å². The largest absolute Gasteiger partial charge is 0.324 e. The highest BCUT2D eigenvalue weighted by molar-refractivity contribution is 4.73. The summed E-state index contributed by atoms with van der Waals surface area (Å²) in [7, 11) is 2.45. The van der Waals surface area contributed by atoms with Crippen LogP contribution >= 0.6 is 0 Å². The Morgan fingerprint density at radius 3 is 2.50 bits per heavy atom. The third-order valence-electron chi connectivity index (χ3n) is 4.16. The number of hydrogen-bond acceptors (Lipinski definition) is 1. The van der Waals surface area contributed by atoms with Gasteiger partial charge in [0.25, 0.3) is 0 Å². The fourth-order valence-corrected chi connectivity index (χ4v) is 3.23. The minimum Gasteiger partial charge on any atom is -0.324 e. The zero-order chi connectivity index (χ0) is 10.0. The second kappa shape index (κ2) is 4.19. The quantitative estimate of drug-likeness (QED) is 0.661. The predicted molar refractivity (Wildman–Crippen MR) is 60.2 cm³/mol. The van der Waals surface area contributed by atoms with E-state index in [1.807, 2.05) is 0 Å². The Morgan fingerprint density at radius 1 is 1.21 bits per heavy atom. The molecule has 1 aliphatic heterocycles. The summed E-state index contributed by atoms with van der Waals surface area (Å²) in [6.45, 7) is 8.97. The van der Waals surface area contributed by atoms with Gasteiger partial charge in [-0.1, -0.05) is 13.3 Å². The van der Waals surface area contributed by atoms with E-state index in [0.29, 0.717) is 0 Å². The number of piperazine rings is 1. The van der Waals surface area contributed by atoms with Crippen LogP contribution in [0.4, 0.5) is 0 Å². The average molecular weight is 197 g/mol. The lowest BCUT2D eigenvalue weighted by Crippen LogP contribution is -2.57. The molecule has 14 heavy (non-hydrogen) atoms. The topological polar surface area (TPSA) is 12.0 Å². The molecule has 82 valence electrons. The van der Waals surface area contributed by atoms with Gasteiger partial charge >= 0.3 is 0 Å². The second-order valence-corrected chi connectivity index (χ2v) is 5.78. The molecule has 0 aromatic carbocycles. The van der Waals surface area contributed by atoms with Crippen molar-refractivity contribution in [1.29, 1.82) is 0 Å². The fraction of sp³-hybridized carbons (Fsp3) is 1.00. The molecule has 1 saturated heterocycles. The molecule has 0 spiro atoms. The van der Waals surface area contributed by atoms with Crippen LogP contribution in [0.25, 0.3) is 0 Å². The first-order valence-corrected chi connectivity index (χ1v) is 6.22. The molecule has 2 rings (SSSR count). The van der Waals surface area contributed by atoms with Crippen molar-refractivity contribution in [3.8, 4) is 0 Å². The van der Waals surface area contributed by atoms with Crippen LogP contribution in [0.15, 0.2) is 0 Å². The molecule has 1 heterocycles. The Bertz CT molecular complexity index is 185. The molecule has 2 atom stereocenters. The molecule has 1 N–H and O–H groups in total. The van der Waals surface area contributed by atoms with Crippen molar-refractivity contribution in [3.63, 3.8) is 0 Å². The summed E-state index contributed by atoms with van der Waals surface area (Å²) in [4.78, 5) is 0. The van der Waals surface area contributed by atoms with Gasteiger partial charge in [-0.3, -0.25) is 0 Å². The van der Waals surface area contributed by atoms with Crippen molar-refractivity contribution in [2.75, 3.05) is 39.8 Å². The van der Waals surface area contributed by atoms with Gasteiger partial charge in [-0.05, 0) is 18.8 Å². The normalized spacial score (nSPS) is 37.3. The minimum absolute atomic E-state index is 0.995. The van der Waals surface area contributed by atoms with E-state index in [-0.39, 0.29) is 0 Å². The van der Waals surface area contributed by atoms with E-state index in [9.17, 15) is 0 Å². The zero-order valence-corrected chi connectivity index (χ0v) is 9.76. The molecule has 0 aromatic rings. The highest BCUT2D eigenvalue weighted by Crippen LogP contribution is 2.32. The smallest absolute Gasteiger partial charge is 0.0911 e. The Morgan fingerprint density at radius 2 is 1.93 bits per heavy atom. The van der Waals surface area contributed by atoms with Gasteiger partial charge in [-0.2, -0.15) is 0 Å². The van der Waals surface area contributed by atoms with Crippen molar-refractivity contribution in [2.45, 2.75) is 26.2 Å². The summed E-state index contributed by atoms with van der Waals surface area (Å²) in [5, 5.41) is 3.46. The van der Waals surface area contributed by atoms with E-state index >= 15 is 0 Å². The number of rotatable bonds is 2. The molecule has 2 unspecified atom stereocenters. The Hall–Kier alpha value is -0.0800. The fourth-order valence-electron chi connectivity index (χ4n) is 3.23. The van der Waals surface area contributed by atoms with Gasteiger partial charge in [0.05, 0.1) is 26.7 Å². The summed E-state index contributed by atoms with van der Waals surface area (Å²) < 4.78 is 1.32. The van der Waals surface area contributed by atoms with E-state index in [1.165, 1.54) is 56.5 Å². The monoisotopic (exact) mass is 197 g/mol. The van der Waals surface area contributed by atoms with Crippen molar-refractivity contribution in [3.05, 3.63) is 0 Å². The summed E-state index contributed by atoms with van der Waals surface area (Å²) in [5.41, 5.74) is 0. The van der Waals surface area contributed by atoms with E-state index in [1.54, 1.807) is 0 Å². The molecule has 2 aliphatic rings. The standard InChI is InChI=1S/C12H25N2/c1-11-3-4-12(9-11)10-14(2)7-5-13-6-8-14/h11-13H,3-10H2,1-2H3/q+1. The first kappa shape index (κ1) is 10.4. The molecule has 2 nitrogen and oxygen atoms in total. The number of likely N-dealkylation sites (N-methyl/N-ethyl adjacent to an activating group) is 1. The summed E-state index contributed by atoms with van der Waals surface area (Å²) >= 11 is 0. The molecular weight excluding hydrogens is 172 g/mol. The SMILES string of the molecule is CC1CCC(C[N+]2(C)CCNCC2)C1. The van der Waals surface area contributed by atoms with Crippen molar-refractivity contribution < 1.29 is 4.48 Å². The number of hydrogen-bond donors (Lipinski definition) is 1. The highest BCUT2D eigenvalue weighted by atomic mass is 15.4. The van der Waals surface area contributed by atoms with Gasteiger partial charge in [-0.25, -0.2) is 0 Å². The van der Waals surface area contributed by atoms with Crippen LogP contribution in [-0.2, 0) is 0 Å². The van der Waals surface area contributed by atoms with Gasteiger partial charge in [0, 0.05) is 19.0 Å². The lowest BCUT2D eigenvalue weighted by atomic mass is 10.0. The Balaban J connectivity index is 1.83. The van der Waals surface area contributed by atoms with Gasteiger partial charge in [-0.15, -0.1) is 0 Å². The summed E-state index contributed by atoms with van der Waals surface area (Å²) in [5.74, 6) is 2.02. The zero-order valence-electron chi connectivity index (χ0n) is 9.76. The molecular formula is C12H25N2+. The van der Waals surface area contributed by atoms with Gasteiger partial charge < -0.3 is 9.80 Å². The van der Waals surface area contributed by atoms with E-state index in [0.717, 1.165) is 11.8 Å². The van der Waals surface area contributed by atoms with Crippen LogP contribution < -0.4 is 5.32 Å². The predicted octanol–water partition coefficient (Wildman–Crippen LogP) is 1.47. The van der Waals surface area contributed by atoms with E-state index < -0.39 is 0 Å². The van der Waals surface area contributed by atoms with Crippen LogP contribution in [0.2, 0.25) is 0 Å². The third kappa shape index (κ3) is 2.48. The molecule has 0 bridgehead atoms. The maximum Gasteiger partial charge on any atom is 0.0911 e. The molecule has 2 fully saturated rings. The first-order valence-electron chi connectivity index (χ1n) is 6.22. The van der Waals surface area contributed by atoms with Crippen LogP contribution in [0.5, 0.6) is 0 Å². The van der Waals surface area contributed by atoms with Crippen molar-refractivity contribution in [2.24, 2.45) is 11.8 Å². The first-order chi connectivity index (χ1) is 6.68. The minimum atomic E-state index is 0.995.